The van der Waals surface area contributed by atoms with Crippen LogP contribution in [0.15, 0.2) is 59.6 Å². The van der Waals surface area contributed by atoms with Crippen molar-refractivity contribution in [2.45, 2.75) is 0 Å². The Kier molecular flexibility index (Phi) is 3.95. The van der Waals surface area contributed by atoms with Gasteiger partial charge in [0.25, 0.3) is 5.91 Å². The van der Waals surface area contributed by atoms with Crippen molar-refractivity contribution < 1.29 is 4.79 Å². The van der Waals surface area contributed by atoms with Crippen LogP contribution >= 0.6 is 11.3 Å². The number of benzene rings is 1. The number of fused-ring (bicyclic) bond motifs is 1. The third-order valence-electron chi connectivity index (χ3n) is 3.09. The maximum atomic E-state index is 12.3. The zero-order valence-electron chi connectivity index (χ0n) is 11.5. The molecule has 2 heterocycles. The lowest BCUT2D eigenvalue weighted by Crippen LogP contribution is -2.13. The van der Waals surface area contributed by atoms with Gasteiger partial charge in [0.1, 0.15) is 11.6 Å². The van der Waals surface area contributed by atoms with Crippen molar-refractivity contribution in [2.24, 2.45) is 0 Å². The summed E-state index contributed by atoms with van der Waals surface area (Å²) in [6.07, 6.45) is 3.29. The monoisotopic (exact) mass is 305 g/mol. The minimum atomic E-state index is -0.424. The number of carbonyl (C=O) groups is 1. The van der Waals surface area contributed by atoms with Crippen molar-refractivity contribution in [1.29, 1.82) is 5.26 Å². The van der Waals surface area contributed by atoms with E-state index in [1.54, 1.807) is 18.3 Å². The molecule has 3 rings (SSSR count). The van der Waals surface area contributed by atoms with Crippen LogP contribution in [-0.2, 0) is 4.79 Å². The molecule has 106 valence electrons. The minimum absolute atomic E-state index is 0.0725. The zero-order valence-corrected chi connectivity index (χ0v) is 12.3. The van der Waals surface area contributed by atoms with Crippen molar-refractivity contribution in [1.82, 2.24) is 4.98 Å². The Morgan fingerprint density at radius 2 is 2.14 bits per heavy atom. The normalized spacial score (nSPS) is 11.1. The van der Waals surface area contributed by atoms with E-state index in [1.165, 1.54) is 11.3 Å². The fourth-order valence-corrected chi connectivity index (χ4v) is 2.72. The largest absolute Gasteiger partial charge is 0.321 e. The molecule has 0 saturated carbocycles. The Labute approximate surface area is 131 Å². The number of hydrogen-bond donors (Lipinski definition) is 1. The average molecular weight is 305 g/mol. The number of nitriles is 1. The summed E-state index contributed by atoms with van der Waals surface area (Å²) in [7, 11) is 0. The Morgan fingerprint density at radius 1 is 1.23 bits per heavy atom. The van der Waals surface area contributed by atoms with Crippen molar-refractivity contribution in [3.05, 3.63) is 64.5 Å². The SMILES string of the molecule is N#C/C(=C/c1cccs1)C(=O)Nc1cccc2ncccc12. The standard InChI is InChI=1S/C17H11N3OS/c18-11-12(10-13-4-3-9-22-13)17(21)20-16-7-1-6-15-14(16)5-2-8-19-15/h1-10H,(H,20,21)/b12-10-. The molecule has 0 atom stereocenters. The van der Waals surface area contributed by atoms with E-state index in [9.17, 15) is 10.1 Å². The summed E-state index contributed by atoms with van der Waals surface area (Å²) < 4.78 is 0. The Hall–Kier alpha value is -2.97. The van der Waals surface area contributed by atoms with Gasteiger partial charge in [-0.25, -0.2) is 0 Å². The third kappa shape index (κ3) is 2.87. The first-order chi connectivity index (χ1) is 10.8. The van der Waals surface area contributed by atoms with Gasteiger partial charge in [0.2, 0.25) is 0 Å². The lowest BCUT2D eigenvalue weighted by Gasteiger charge is -2.07. The van der Waals surface area contributed by atoms with Gasteiger partial charge in [-0.1, -0.05) is 12.1 Å². The van der Waals surface area contributed by atoms with E-state index in [-0.39, 0.29) is 5.57 Å². The number of pyridine rings is 1. The molecule has 4 nitrogen and oxygen atoms in total. The van der Waals surface area contributed by atoms with Crippen LogP contribution in [0.5, 0.6) is 0 Å². The van der Waals surface area contributed by atoms with Gasteiger partial charge < -0.3 is 5.32 Å². The van der Waals surface area contributed by atoms with Crippen LogP contribution in [0.25, 0.3) is 17.0 Å². The first kappa shape index (κ1) is 14.0. The van der Waals surface area contributed by atoms with E-state index in [2.05, 4.69) is 10.3 Å². The second-order valence-electron chi connectivity index (χ2n) is 4.52. The molecule has 22 heavy (non-hydrogen) atoms. The topological polar surface area (TPSA) is 65.8 Å². The van der Waals surface area contributed by atoms with Gasteiger partial charge >= 0.3 is 0 Å². The second-order valence-corrected chi connectivity index (χ2v) is 5.49. The molecule has 3 aromatic rings. The summed E-state index contributed by atoms with van der Waals surface area (Å²) in [5.74, 6) is -0.424. The average Bonchev–Trinajstić information content (AvgIpc) is 3.06. The molecule has 0 aliphatic heterocycles. The van der Waals surface area contributed by atoms with Gasteiger partial charge in [-0.15, -0.1) is 11.3 Å². The molecule has 0 spiro atoms. The highest BCUT2D eigenvalue weighted by Gasteiger charge is 2.11. The summed E-state index contributed by atoms with van der Waals surface area (Å²) >= 11 is 1.48. The molecule has 1 N–H and O–H groups in total. The van der Waals surface area contributed by atoms with E-state index in [1.807, 2.05) is 47.8 Å². The molecule has 2 aromatic heterocycles. The summed E-state index contributed by atoms with van der Waals surface area (Å²) in [6.45, 7) is 0. The van der Waals surface area contributed by atoms with Gasteiger partial charge in [-0.2, -0.15) is 5.26 Å². The predicted molar refractivity (Wildman–Crippen MR) is 88.3 cm³/mol. The molecule has 1 amide bonds. The van der Waals surface area contributed by atoms with Crippen molar-refractivity contribution >= 4 is 39.9 Å². The Balaban J connectivity index is 1.91. The number of nitrogens with zero attached hydrogens (tertiary/aromatic N) is 2. The summed E-state index contributed by atoms with van der Waals surface area (Å²) in [5.41, 5.74) is 1.51. The number of amides is 1. The maximum Gasteiger partial charge on any atom is 0.266 e. The van der Waals surface area contributed by atoms with Gasteiger partial charge in [-0.3, -0.25) is 9.78 Å². The van der Waals surface area contributed by atoms with Crippen molar-refractivity contribution in [2.75, 3.05) is 5.32 Å². The smallest absolute Gasteiger partial charge is 0.266 e. The molecule has 0 bridgehead atoms. The number of thiophene rings is 1. The molecule has 0 saturated heterocycles. The second kappa shape index (κ2) is 6.20. The van der Waals surface area contributed by atoms with E-state index in [0.717, 1.165) is 15.8 Å². The van der Waals surface area contributed by atoms with Gasteiger partial charge in [0.05, 0.1) is 11.2 Å². The van der Waals surface area contributed by atoms with Crippen LogP contribution < -0.4 is 5.32 Å². The fourth-order valence-electron chi connectivity index (χ4n) is 2.07. The van der Waals surface area contributed by atoms with Crippen molar-refractivity contribution in [3.63, 3.8) is 0 Å². The van der Waals surface area contributed by atoms with E-state index >= 15 is 0 Å². The first-order valence-electron chi connectivity index (χ1n) is 6.58. The number of aromatic nitrogens is 1. The predicted octanol–water partition coefficient (Wildman–Crippen LogP) is 3.84. The summed E-state index contributed by atoms with van der Waals surface area (Å²) in [4.78, 5) is 17.4. The maximum absolute atomic E-state index is 12.3. The molecule has 0 aliphatic rings. The Bertz CT molecular complexity index is 886. The molecule has 0 unspecified atom stereocenters. The van der Waals surface area contributed by atoms with E-state index in [0.29, 0.717) is 5.69 Å². The highest BCUT2D eigenvalue weighted by Crippen LogP contribution is 2.22. The van der Waals surface area contributed by atoms with Gasteiger partial charge in [0.15, 0.2) is 0 Å². The molecule has 5 heteroatoms. The number of nitrogens with one attached hydrogen (secondary N) is 1. The molecule has 1 aromatic carbocycles. The fraction of sp³-hybridized carbons (Fsp3) is 0. The van der Waals surface area contributed by atoms with Crippen LogP contribution in [0.3, 0.4) is 0 Å². The quantitative estimate of drug-likeness (QED) is 0.590. The minimum Gasteiger partial charge on any atom is -0.321 e. The summed E-state index contributed by atoms with van der Waals surface area (Å²) in [6, 6.07) is 14.9. The van der Waals surface area contributed by atoms with E-state index in [4.69, 9.17) is 0 Å². The molecular formula is C17H11N3OS. The van der Waals surface area contributed by atoms with Crippen molar-refractivity contribution in [3.8, 4) is 6.07 Å². The van der Waals surface area contributed by atoms with Crippen LogP contribution in [0.2, 0.25) is 0 Å². The Morgan fingerprint density at radius 3 is 2.91 bits per heavy atom. The van der Waals surface area contributed by atoms with Crippen LogP contribution in [-0.4, -0.2) is 10.9 Å². The summed E-state index contributed by atoms with van der Waals surface area (Å²) in [5, 5.41) is 14.7. The zero-order chi connectivity index (χ0) is 15.4. The van der Waals surface area contributed by atoms with Crippen LogP contribution in [0, 0.1) is 11.3 Å². The number of anilines is 1. The molecule has 0 fully saturated rings. The lowest BCUT2D eigenvalue weighted by atomic mass is 10.1. The number of carbonyl (C=O) groups excluding carboxylic acids is 1. The highest BCUT2D eigenvalue weighted by molar-refractivity contribution is 7.10. The van der Waals surface area contributed by atoms with Gasteiger partial charge in [-0.05, 0) is 41.8 Å². The highest BCUT2D eigenvalue weighted by atomic mass is 32.1. The van der Waals surface area contributed by atoms with Gasteiger partial charge in [0, 0.05) is 16.5 Å². The lowest BCUT2D eigenvalue weighted by molar-refractivity contribution is -0.112. The number of rotatable bonds is 3. The number of hydrogen-bond acceptors (Lipinski definition) is 4. The first-order valence-corrected chi connectivity index (χ1v) is 7.46. The van der Waals surface area contributed by atoms with E-state index < -0.39 is 5.91 Å². The molecular weight excluding hydrogens is 294 g/mol. The molecule has 0 aliphatic carbocycles. The third-order valence-corrected chi connectivity index (χ3v) is 3.91. The molecule has 0 radical (unpaired) electrons. The van der Waals surface area contributed by atoms with Crippen LogP contribution in [0.4, 0.5) is 5.69 Å². The van der Waals surface area contributed by atoms with Crippen LogP contribution in [0.1, 0.15) is 4.88 Å².